The molecule has 1 aliphatic rings. The molecule has 20 heavy (non-hydrogen) atoms. The van der Waals surface area contributed by atoms with Crippen molar-refractivity contribution in [3.05, 3.63) is 21.9 Å². The van der Waals surface area contributed by atoms with Gasteiger partial charge in [-0.25, -0.2) is 0 Å². The van der Waals surface area contributed by atoms with Gasteiger partial charge in [-0.15, -0.1) is 11.3 Å². The average Bonchev–Trinajstić information content (AvgIpc) is 2.87. The molecule has 0 radical (unpaired) electrons. The van der Waals surface area contributed by atoms with Crippen LogP contribution in [0.2, 0.25) is 0 Å². The van der Waals surface area contributed by atoms with E-state index >= 15 is 0 Å². The first kappa shape index (κ1) is 15.6. The molecule has 2 rings (SSSR count). The van der Waals surface area contributed by atoms with E-state index in [9.17, 15) is 0 Å². The molecule has 1 N–H and O–H groups in total. The van der Waals surface area contributed by atoms with Crippen molar-refractivity contribution in [2.45, 2.75) is 39.7 Å². The topological polar surface area (TPSA) is 23.5 Å². The van der Waals surface area contributed by atoms with E-state index in [4.69, 9.17) is 5.11 Å². The maximum Gasteiger partial charge on any atom is 0.0771 e. The van der Waals surface area contributed by atoms with Crippen LogP contribution in [0.4, 0.5) is 0 Å². The zero-order valence-electron chi connectivity index (χ0n) is 12.6. The smallest absolute Gasteiger partial charge is 0.0771 e. The van der Waals surface area contributed by atoms with E-state index in [-0.39, 0.29) is 6.61 Å². The summed E-state index contributed by atoms with van der Waals surface area (Å²) in [7, 11) is 0. The second-order valence-electron chi connectivity index (χ2n) is 5.90. The molecule has 0 aromatic carbocycles. The summed E-state index contributed by atoms with van der Waals surface area (Å²) >= 11 is 1.79. The minimum Gasteiger partial charge on any atom is -0.395 e. The van der Waals surface area contributed by atoms with E-state index < -0.39 is 0 Å². The predicted molar refractivity (Wildman–Crippen MR) is 85.7 cm³/mol. The lowest BCUT2D eigenvalue weighted by atomic mass is 9.87. The molecule has 0 atom stereocenters. The van der Waals surface area contributed by atoms with Gasteiger partial charge in [-0.3, -0.25) is 4.90 Å². The quantitative estimate of drug-likeness (QED) is 0.860. The van der Waals surface area contributed by atoms with Gasteiger partial charge < -0.3 is 5.11 Å². The first-order valence-electron chi connectivity index (χ1n) is 7.60. The Bertz CT molecular complexity index is 461. The monoisotopic (exact) mass is 291 g/mol. The van der Waals surface area contributed by atoms with Crippen molar-refractivity contribution in [1.29, 1.82) is 0 Å². The van der Waals surface area contributed by atoms with Crippen molar-refractivity contribution in [3.63, 3.8) is 0 Å². The molecule has 110 valence electrons. The summed E-state index contributed by atoms with van der Waals surface area (Å²) in [6.07, 6.45) is 3.24. The molecule has 0 saturated carbocycles. The van der Waals surface area contributed by atoms with Gasteiger partial charge in [-0.2, -0.15) is 0 Å². The molecule has 3 heteroatoms. The van der Waals surface area contributed by atoms with Gasteiger partial charge in [0.25, 0.3) is 0 Å². The van der Waals surface area contributed by atoms with Crippen molar-refractivity contribution < 1.29 is 5.11 Å². The van der Waals surface area contributed by atoms with E-state index in [1.54, 1.807) is 11.3 Å². The molecular weight excluding hydrogens is 266 g/mol. The Hall–Kier alpha value is -0.820. The maximum absolute atomic E-state index is 8.72. The fourth-order valence-corrected chi connectivity index (χ4v) is 3.66. The van der Waals surface area contributed by atoms with Crippen LogP contribution in [-0.4, -0.2) is 29.7 Å². The van der Waals surface area contributed by atoms with E-state index in [0.717, 1.165) is 23.3 Å². The van der Waals surface area contributed by atoms with Gasteiger partial charge in [0, 0.05) is 17.8 Å². The van der Waals surface area contributed by atoms with Crippen LogP contribution in [-0.2, 0) is 6.54 Å². The summed E-state index contributed by atoms with van der Waals surface area (Å²) in [5.41, 5.74) is 0. The maximum atomic E-state index is 8.72. The molecule has 1 saturated heterocycles. The molecule has 0 amide bonds. The lowest BCUT2D eigenvalue weighted by Crippen LogP contribution is -2.34. The normalized spacial score (nSPS) is 17.2. The summed E-state index contributed by atoms with van der Waals surface area (Å²) in [4.78, 5) is 5.09. The van der Waals surface area contributed by atoms with Gasteiger partial charge in [0.2, 0.25) is 0 Å². The average molecular weight is 291 g/mol. The Balaban J connectivity index is 1.82. The molecule has 0 unspecified atom stereocenters. The van der Waals surface area contributed by atoms with Crippen molar-refractivity contribution >= 4 is 11.3 Å². The Morgan fingerprint density at radius 1 is 1.35 bits per heavy atom. The number of likely N-dealkylation sites (tertiary alicyclic amines) is 1. The van der Waals surface area contributed by atoms with Crippen LogP contribution in [0.1, 0.15) is 42.9 Å². The van der Waals surface area contributed by atoms with Gasteiger partial charge in [0.05, 0.1) is 11.5 Å². The standard InChI is InChI=1S/C17H25NOS/c1-14(2)15-8-10-18(11-9-15)13-17-7-6-16(20-17)5-3-4-12-19/h6-7,14-15,19H,4,8-13H2,1-2H3. The summed E-state index contributed by atoms with van der Waals surface area (Å²) in [6, 6.07) is 4.30. The third kappa shape index (κ3) is 4.63. The molecule has 0 bridgehead atoms. The van der Waals surface area contributed by atoms with Crippen molar-refractivity contribution in [3.8, 4) is 11.8 Å². The van der Waals surface area contributed by atoms with Crippen LogP contribution >= 0.6 is 11.3 Å². The van der Waals surface area contributed by atoms with Gasteiger partial charge in [-0.1, -0.05) is 25.7 Å². The molecular formula is C17H25NOS. The highest BCUT2D eigenvalue weighted by Gasteiger charge is 2.21. The predicted octanol–water partition coefficient (Wildman–Crippen LogP) is 3.35. The molecule has 1 aromatic heterocycles. The minimum absolute atomic E-state index is 0.149. The lowest BCUT2D eigenvalue weighted by Gasteiger charge is -2.33. The summed E-state index contributed by atoms with van der Waals surface area (Å²) in [5.74, 6) is 7.84. The van der Waals surface area contributed by atoms with Crippen molar-refractivity contribution in [2.75, 3.05) is 19.7 Å². The molecule has 1 fully saturated rings. The van der Waals surface area contributed by atoms with E-state index in [2.05, 4.69) is 42.7 Å². The zero-order chi connectivity index (χ0) is 14.4. The molecule has 0 spiro atoms. The van der Waals surface area contributed by atoms with Gasteiger partial charge in [0.1, 0.15) is 0 Å². The number of piperidine rings is 1. The molecule has 1 aromatic rings. The highest BCUT2D eigenvalue weighted by molar-refractivity contribution is 7.12. The first-order chi connectivity index (χ1) is 9.69. The van der Waals surface area contributed by atoms with Gasteiger partial charge in [-0.05, 0) is 49.9 Å². The fraction of sp³-hybridized carbons (Fsp3) is 0.647. The number of nitrogens with zero attached hydrogens (tertiary/aromatic N) is 1. The third-order valence-electron chi connectivity index (χ3n) is 4.06. The summed E-state index contributed by atoms with van der Waals surface area (Å²) < 4.78 is 0. The second kappa shape index (κ2) is 7.83. The SMILES string of the molecule is CC(C)C1CCN(Cc2ccc(C#CCCO)s2)CC1. The number of hydrogen-bond acceptors (Lipinski definition) is 3. The second-order valence-corrected chi connectivity index (χ2v) is 7.07. The van der Waals surface area contributed by atoms with Crippen LogP contribution < -0.4 is 0 Å². The Labute approximate surface area is 126 Å². The first-order valence-corrected chi connectivity index (χ1v) is 8.41. The van der Waals surface area contributed by atoms with Crippen LogP contribution in [0.3, 0.4) is 0 Å². The number of aliphatic hydroxyl groups excluding tert-OH is 1. The van der Waals surface area contributed by atoms with Gasteiger partial charge >= 0.3 is 0 Å². The van der Waals surface area contributed by atoms with Crippen molar-refractivity contribution in [1.82, 2.24) is 4.90 Å². The highest BCUT2D eigenvalue weighted by atomic mass is 32.1. The Kier molecular flexibility index (Phi) is 6.09. The third-order valence-corrected chi connectivity index (χ3v) is 5.05. The van der Waals surface area contributed by atoms with Crippen LogP contribution in [0.25, 0.3) is 0 Å². The largest absolute Gasteiger partial charge is 0.395 e. The molecule has 2 nitrogen and oxygen atoms in total. The van der Waals surface area contributed by atoms with Crippen LogP contribution in [0, 0.1) is 23.7 Å². The van der Waals surface area contributed by atoms with Crippen LogP contribution in [0.15, 0.2) is 12.1 Å². The van der Waals surface area contributed by atoms with Crippen molar-refractivity contribution in [2.24, 2.45) is 11.8 Å². The van der Waals surface area contributed by atoms with Crippen LogP contribution in [0.5, 0.6) is 0 Å². The number of rotatable bonds is 4. The Morgan fingerprint density at radius 3 is 2.75 bits per heavy atom. The number of aliphatic hydroxyl groups is 1. The van der Waals surface area contributed by atoms with Gasteiger partial charge in [0.15, 0.2) is 0 Å². The summed E-state index contributed by atoms with van der Waals surface area (Å²) in [5, 5.41) is 8.72. The van der Waals surface area contributed by atoms with E-state index in [0.29, 0.717) is 6.42 Å². The molecule has 1 aliphatic heterocycles. The minimum atomic E-state index is 0.149. The highest BCUT2D eigenvalue weighted by Crippen LogP contribution is 2.26. The number of thiophene rings is 1. The lowest BCUT2D eigenvalue weighted by molar-refractivity contribution is 0.153. The fourth-order valence-electron chi connectivity index (χ4n) is 2.73. The molecule has 0 aliphatic carbocycles. The Morgan fingerprint density at radius 2 is 2.10 bits per heavy atom. The summed E-state index contributed by atoms with van der Waals surface area (Å²) in [6.45, 7) is 8.36. The zero-order valence-corrected chi connectivity index (χ0v) is 13.4. The molecule has 2 heterocycles. The van der Waals surface area contributed by atoms with E-state index in [1.807, 2.05) is 0 Å². The van der Waals surface area contributed by atoms with E-state index in [1.165, 1.54) is 30.8 Å². The number of hydrogen-bond donors (Lipinski definition) is 1.